The van der Waals surface area contributed by atoms with Crippen molar-refractivity contribution in [1.82, 2.24) is 0 Å². The first-order chi connectivity index (χ1) is 7.88. The second-order valence-corrected chi connectivity index (χ2v) is 5.37. The van der Waals surface area contributed by atoms with Gasteiger partial charge in [-0.05, 0) is 53.7 Å². The zero-order chi connectivity index (χ0) is 10.7. The lowest BCUT2D eigenvalue weighted by atomic mass is 9.84. The van der Waals surface area contributed by atoms with Crippen LogP contribution in [0, 0.1) is 17.8 Å². The van der Waals surface area contributed by atoms with E-state index in [0.29, 0.717) is 0 Å². The molecule has 0 amide bonds. The van der Waals surface area contributed by atoms with Gasteiger partial charge in [0.2, 0.25) is 0 Å². The summed E-state index contributed by atoms with van der Waals surface area (Å²) < 4.78 is 5.49. The minimum Gasteiger partial charge on any atom is -0.496 e. The molecule has 2 bridgehead atoms. The Morgan fingerprint density at radius 1 is 1.19 bits per heavy atom. The molecule has 1 aromatic rings. The quantitative estimate of drug-likeness (QED) is 0.650. The normalized spacial score (nSPS) is 37.6. The minimum absolute atomic E-state index is 0.792. The molecule has 4 atom stereocenters. The van der Waals surface area contributed by atoms with Crippen molar-refractivity contribution in [1.29, 1.82) is 0 Å². The highest BCUT2D eigenvalue weighted by molar-refractivity contribution is 5.49. The molecule has 0 heterocycles. The molecule has 16 heavy (non-hydrogen) atoms. The molecule has 1 nitrogen and oxygen atoms in total. The largest absolute Gasteiger partial charge is 0.496 e. The van der Waals surface area contributed by atoms with E-state index < -0.39 is 0 Å². The number of rotatable bonds is 1. The van der Waals surface area contributed by atoms with E-state index in [2.05, 4.69) is 30.4 Å². The molecule has 0 spiro atoms. The Bertz CT molecular complexity index is 474. The highest BCUT2D eigenvalue weighted by Gasteiger charge is 2.49. The number of ether oxygens (including phenoxy) is 1. The predicted molar refractivity (Wildman–Crippen MR) is 63.7 cm³/mol. The lowest BCUT2D eigenvalue weighted by molar-refractivity contribution is 0.401. The predicted octanol–water partition coefficient (Wildman–Crippen LogP) is 3.16. The Morgan fingerprint density at radius 3 is 2.94 bits per heavy atom. The Hall–Kier alpha value is -1.24. The fourth-order valence-corrected chi connectivity index (χ4v) is 4.20. The maximum Gasteiger partial charge on any atom is 0.122 e. The molecule has 3 aliphatic rings. The Morgan fingerprint density at radius 2 is 2.06 bits per heavy atom. The van der Waals surface area contributed by atoms with Gasteiger partial charge in [-0.15, -0.1) is 0 Å². The van der Waals surface area contributed by atoms with Crippen LogP contribution in [0.3, 0.4) is 0 Å². The van der Waals surface area contributed by atoms with E-state index in [4.69, 9.17) is 4.74 Å². The van der Waals surface area contributed by atoms with Crippen LogP contribution in [0.5, 0.6) is 5.75 Å². The molecule has 0 N–H and O–H groups in total. The molecule has 1 heteroatoms. The summed E-state index contributed by atoms with van der Waals surface area (Å²) in [6.45, 7) is 0. The van der Waals surface area contributed by atoms with Crippen molar-refractivity contribution >= 4 is 0 Å². The van der Waals surface area contributed by atoms with Gasteiger partial charge in [0.05, 0.1) is 7.11 Å². The van der Waals surface area contributed by atoms with Crippen LogP contribution in [0.1, 0.15) is 23.5 Å². The van der Waals surface area contributed by atoms with Crippen molar-refractivity contribution in [2.24, 2.45) is 17.8 Å². The summed E-state index contributed by atoms with van der Waals surface area (Å²) >= 11 is 0. The van der Waals surface area contributed by atoms with E-state index in [1.165, 1.54) is 18.4 Å². The lowest BCUT2D eigenvalue weighted by Crippen LogP contribution is -2.12. The van der Waals surface area contributed by atoms with Gasteiger partial charge in [0.25, 0.3) is 0 Å². The first-order valence-electron chi connectivity index (χ1n) is 6.22. The van der Waals surface area contributed by atoms with Crippen molar-refractivity contribution in [3.05, 3.63) is 41.5 Å². The summed E-state index contributed by atoms with van der Waals surface area (Å²) in [5.74, 6) is 4.41. The van der Waals surface area contributed by atoms with Crippen LogP contribution in [0.4, 0.5) is 0 Å². The average molecular weight is 212 g/mol. The summed E-state index contributed by atoms with van der Waals surface area (Å²) in [4.78, 5) is 0. The highest BCUT2D eigenvalue weighted by Crippen LogP contribution is 2.59. The van der Waals surface area contributed by atoms with Crippen LogP contribution in [0.15, 0.2) is 30.4 Å². The summed E-state index contributed by atoms with van der Waals surface area (Å²) in [6.07, 6.45) is 7.52. The Kier molecular flexibility index (Phi) is 1.61. The minimum atomic E-state index is 0.792. The van der Waals surface area contributed by atoms with Crippen molar-refractivity contribution in [3.63, 3.8) is 0 Å². The Balaban J connectivity index is 1.86. The third-order valence-electron chi connectivity index (χ3n) is 4.81. The zero-order valence-electron chi connectivity index (χ0n) is 9.52. The molecule has 0 aliphatic heterocycles. The van der Waals surface area contributed by atoms with Crippen molar-refractivity contribution in [3.8, 4) is 5.75 Å². The standard InChI is InChI=1S/C15H16O/c1-16-14-4-2-3-11-13(14)8-12-9-5-6-10(7-9)15(11)12/h2-6,9-10,12,15H,7-8H2,1H3. The molecule has 0 aromatic heterocycles. The average Bonchev–Trinajstić information content (AvgIpc) is 2.98. The van der Waals surface area contributed by atoms with E-state index in [1.54, 1.807) is 12.7 Å². The fraction of sp³-hybridized carbons (Fsp3) is 0.467. The lowest BCUT2D eigenvalue weighted by Gasteiger charge is -2.20. The first kappa shape index (κ1) is 8.86. The summed E-state index contributed by atoms with van der Waals surface area (Å²) in [5.41, 5.74) is 3.06. The number of benzene rings is 1. The van der Waals surface area contributed by atoms with Gasteiger partial charge in [0, 0.05) is 0 Å². The van der Waals surface area contributed by atoms with Crippen molar-refractivity contribution in [2.75, 3.05) is 7.11 Å². The van der Waals surface area contributed by atoms with E-state index in [9.17, 15) is 0 Å². The maximum atomic E-state index is 5.49. The number of fused-ring (bicyclic) bond motifs is 7. The van der Waals surface area contributed by atoms with Gasteiger partial charge in [0.1, 0.15) is 5.75 Å². The topological polar surface area (TPSA) is 9.23 Å². The van der Waals surface area contributed by atoms with Crippen LogP contribution in [0.2, 0.25) is 0 Å². The summed E-state index contributed by atoms with van der Waals surface area (Å²) in [5, 5.41) is 0. The molecule has 0 radical (unpaired) electrons. The molecular formula is C15H16O. The van der Waals surface area contributed by atoms with Crippen LogP contribution in [-0.2, 0) is 6.42 Å². The van der Waals surface area contributed by atoms with Gasteiger partial charge in [-0.2, -0.15) is 0 Å². The van der Waals surface area contributed by atoms with Gasteiger partial charge < -0.3 is 4.74 Å². The maximum absolute atomic E-state index is 5.49. The van der Waals surface area contributed by atoms with E-state index in [1.807, 2.05) is 0 Å². The number of hydrogen-bond acceptors (Lipinski definition) is 1. The monoisotopic (exact) mass is 212 g/mol. The van der Waals surface area contributed by atoms with Gasteiger partial charge >= 0.3 is 0 Å². The van der Waals surface area contributed by atoms with E-state index >= 15 is 0 Å². The molecule has 1 saturated carbocycles. The fourth-order valence-electron chi connectivity index (χ4n) is 4.20. The molecule has 3 aliphatic carbocycles. The number of hydrogen-bond donors (Lipinski definition) is 0. The van der Waals surface area contributed by atoms with Gasteiger partial charge in [0.15, 0.2) is 0 Å². The molecule has 82 valence electrons. The first-order valence-corrected chi connectivity index (χ1v) is 6.22. The van der Waals surface area contributed by atoms with Crippen molar-refractivity contribution in [2.45, 2.75) is 18.8 Å². The van der Waals surface area contributed by atoms with Crippen LogP contribution in [0.25, 0.3) is 0 Å². The molecule has 4 unspecified atom stereocenters. The van der Waals surface area contributed by atoms with Crippen LogP contribution >= 0.6 is 0 Å². The SMILES string of the molecule is COc1cccc2c1CC1C3C=CC(C3)C21. The van der Waals surface area contributed by atoms with E-state index in [-0.39, 0.29) is 0 Å². The second kappa shape index (κ2) is 2.91. The van der Waals surface area contributed by atoms with Gasteiger partial charge in [-0.25, -0.2) is 0 Å². The smallest absolute Gasteiger partial charge is 0.122 e. The van der Waals surface area contributed by atoms with Crippen molar-refractivity contribution < 1.29 is 4.74 Å². The Labute approximate surface area is 96.1 Å². The van der Waals surface area contributed by atoms with Crippen LogP contribution < -0.4 is 4.74 Å². The zero-order valence-corrected chi connectivity index (χ0v) is 9.52. The van der Waals surface area contributed by atoms with Crippen LogP contribution in [-0.4, -0.2) is 7.11 Å². The molecule has 1 aromatic carbocycles. The molecule has 4 rings (SSSR count). The molecule has 0 saturated heterocycles. The third-order valence-corrected chi connectivity index (χ3v) is 4.81. The highest BCUT2D eigenvalue weighted by atomic mass is 16.5. The summed E-state index contributed by atoms with van der Waals surface area (Å²) in [6, 6.07) is 6.57. The third kappa shape index (κ3) is 0.922. The molecule has 1 fully saturated rings. The number of allylic oxidation sites excluding steroid dienone is 2. The van der Waals surface area contributed by atoms with Gasteiger partial charge in [-0.1, -0.05) is 24.3 Å². The number of methoxy groups -OCH3 is 1. The van der Waals surface area contributed by atoms with Gasteiger partial charge in [-0.3, -0.25) is 0 Å². The molecular weight excluding hydrogens is 196 g/mol. The second-order valence-electron chi connectivity index (χ2n) is 5.37. The van der Waals surface area contributed by atoms with E-state index in [0.717, 1.165) is 29.4 Å². The summed E-state index contributed by atoms with van der Waals surface area (Å²) in [7, 11) is 1.79.